The number of hydrogen-bond acceptors (Lipinski definition) is 6. The third-order valence-electron chi connectivity index (χ3n) is 5.46. The molecule has 10 heteroatoms. The first-order valence-corrected chi connectivity index (χ1v) is 11.7. The van der Waals surface area contributed by atoms with Crippen LogP contribution in [0.15, 0.2) is 66.7 Å². The fourth-order valence-corrected chi connectivity index (χ4v) is 3.93. The van der Waals surface area contributed by atoms with Gasteiger partial charge >= 0.3 is 18.0 Å². The minimum Gasteiger partial charge on any atom is -0.481 e. The van der Waals surface area contributed by atoms with E-state index in [1.165, 1.54) is 13.0 Å². The number of carbonyl (C=O) groups is 4. The zero-order valence-corrected chi connectivity index (χ0v) is 20.9. The molecule has 3 rings (SSSR count). The minimum atomic E-state index is -1.38. The lowest BCUT2D eigenvalue weighted by atomic mass is 9.99. The molecule has 1 amide bonds. The van der Waals surface area contributed by atoms with Crippen molar-refractivity contribution in [2.75, 3.05) is 10.2 Å². The molecular weight excluding hydrogens is 500 g/mol. The summed E-state index contributed by atoms with van der Waals surface area (Å²) >= 11 is 6.44. The van der Waals surface area contributed by atoms with Gasteiger partial charge in [-0.2, -0.15) is 0 Å². The highest BCUT2D eigenvalue weighted by molar-refractivity contribution is 6.35. The minimum absolute atomic E-state index is 0.185. The smallest absolute Gasteiger partial charge is 0.414 e. The van der Waals surface area contributed by atoms with Gasteiger partial charge in [-0.25, -0.2) is 9.69 Å². The number of aliphatic carboxylic acids is 1. The van der Waals surface area contributed by atoms with Crippen molar-refractivity contribution in [3.8, 4) is 0 Å². The lowest BCUT2D eigenvalue weighted by Gasteiger charge is -2.28. The topological polar surface area (TPSA) is 133 Å². The quantitative estimate of drug-likeness (QED) is 0.170. The van der Waals surface area contributed by atoms with E-state index >= 15 is 0 Å². The highest BCUT2D eigenvalue weighted by atomic mass is 35.5. The summed E-state index contributed by atoms with van der Waals surface area (Å²) in [6, 6.07) is 18.4. The van der Waals surface area contributed by atoms with Gasteiger partial charge in [0.2, 0.25) is 0 Å². The Morgan fingerprint density at radius 1 is 0.946 bits per heavy atom. The van der Waals surface area contributed by atoms with Crippen LogP contribution in [0.5, 0.6) is 0 Å². The van der Waals surface area contributed by atoms with Gasteiger partial charge in [-0.15, -0.1) is 0 Å². The Morgan fingerprint density at radius 3 is 2.27 bits per heavy atom. The first-order valence-electron chi connectivity index (χ1n) is 11.3. The van der Waals surface area contributed by atoms with Crippen LogP contribution in [0, 0.1) is 6.92 Å². The van der Waals surface area contributed by atoms with Crippen molar-refractivity contribution in [2.24, 2.45) is 0 Å². The Bertz CT molecular complexity index is 1340. The van der Waals surface area contributed by atoms with Gasteiger partial charge in [0.05, 0.1) is 29.2 Å². The van der Waals surface area contributed by atoms with Crippen LogP contribution in [0.2, 0.25) is 5.02 Å². The monoisotopic (exact) mass is 524 g/mol. The number of anilines is 3. The SMILES string of the molecule is Cc1ccccc1C(=O)c1ccc(Nc2ccccc2N(C(=O)O)C(C)OC(=O)CCC(=O)O)cc1Cl. The molecular formula is C27H25ClN2O7. The Morgan fingerprint density at radius 2 is 1.62 bits per heavy atom. The molecule has 1 unspecified atom stereocenters. The molecule has 0 saturated heterocycles. The summed E-state index contributed by atoms with van der Waals surface area (Å²) in [7, 11) is 0. The van der Waals surface area contributed by atoms with E-state index in [2.05, 4.69) is 5.32 Å². The maximum atomic E-state index is 13.0. The van der Waals surface area contributed by atoms with Crippen molar-refractivity contribution in [1.29, 1.82) is 0 Å². The third kappa shape index (κ3) is 6.86. The standard InChI is InChI=1S/C27H25ClN2O7/c1-16-7-3-4-8-19(16)26(34)20-12-11-18(15-21(20)28)29-22-9-5-6-10-23(22)30(27(35)36)17(2)37-25(33)14-13-24(31)32/h3-12,15,17,29H,13-14H2,1-2H3,(H,31,32)(H,35,36). The van der Waals surface area contributed by atoms with Gasteiger partial charge in [-0.05, 0) is 49.7 Å². The molecule has 0 aromatic heterocycles. The third-order valence-corrected chi connectivity index (χ3v) is 5.77. The molecule has 3 aromatic rings. The maximum Gasteiger partial charge on any atom is 0.414 e. The first-order chi connectivity index (χ1) is 17.6. The molecule has 192 valence electrons. The van der Waals surface area contributed by atoms with E-state index in [0.29, 0.717) is 22.5 Å². The van der Waals surface area contributed by atoms with Crippen LogP contribution in [-0.2, 0) is 14.3 Å². The molecule has 0 heterocycles. The highest BCUT2D eigenvalue weighted by Crippen LogP contribution is 2.32. The lowest BCUT2D eigenvalue weighted by Crippen LogP contribution is -2.41. The summed E-state index contributed by atoms with van der Waals surface area (Å²) in [5.74, 6) is -2.22. The number of para-hydroxylation sites is 2. The fraction of sp³-hybridized carbons (Fsp3) is 0.185. The van der Waals surface area contributed by atoms with Crippen LogP contribution < -0.4 is 10.2 Å². The zero-order chi connectivity index (χ0) is 27.1. The second-order valence-electron chi connectivity index (χ2n) is 8.12. The number of benzene rings is 3. The molecule has 0 aliphatic carbocycles. The molecule has 0 aliphatic heterocycles. The van der Waals surface area contributed by atoms with Gasteiger partial charge in [0.1, 0.15) is 0 Å². The summed E-state index contributed by atoms with van der Waals surface area (Å²) in [6.07, 6.45) is -3.44. The molecule has 0 bridgehead atoms. The molecule has 0 saturated carbocycles. The predicted octanol–water partition coefficient (Wildman–Crippen LogP) is 5.86. The van der Waals surface area contributed by atoms with Crippen LogP contribution in [0.25, 0.3) is 0 Å². The second-order valence-corrected chi connectivity index (χ2v) is 8.52. The van der Waals surface area contributed by atoms with E-state index < -0.39 is 30.7 Å². The van der Waals surface area contributed by atoms with Crippen molar-refractivity contribution in [3.05, 3.63) is 88.4 Å². The van der Waals surface area contributed by atoms with Crippen molar-refractivity contribution >= 4 is 52.5 Å². The number of rotatable bonds is 10. The van der Waals surface area contributed by atoms with E-state index in [-0.39, 0.29) is 22.9 Å². The van der Waals surface area contributed by atoms with E-state index in [4.69, 9.17) is 21.4 Å². The number of esters is 1. The zero-order valence-electron chi connectivity index (χ0n) is 20.1. The van der Waals surface area contributed by atoms with Gasteiger partial charge in [0.15, 0.2) is 12.0 Å². The number of nitrogens with zero attached hydrogens (tertiary/aromatic N) is 1. The molecule has 0 spiro atoms. The number of carboxylic acids is 1. The number of amides is 1. The number of ether oxygens (including phenoxy) is 1. The number of halogens is 1. The fourth-order valence-electron chi connectivity index (χ4n) is 3.66. The first kappa shape index (κ1) is 27.2. The molecule has 3 N–H and O–H groups in total. The van der Waals surface area contributed by atoms with Crippen LogP contribution in [0.1, 0.15) is 41.3 Å². The number of hydrogen-bond donors (Lipinski definition) is 3. The Hall–Kier alpha value is -4.37. The van der Waals surface area contributed by atoms with Gasteiger partial charge in [-0.1, -0.05) is 48.0 Å². The van der Waals surface area contributed by atoms with Crippen molar-refractivity contribution in [3.63, 3.8) is 0 Å². The summed E-state index contributed by atoms with van der Waals surface area (Å²) in [5, 5.41) is 21.9. The second kappa shape index (κ2) is 12.0. The average Bonchev–Trinajstić information content (AvgIpc) is 2.84. The summed E-state index contributed by atoms with van der Waals surface area (Å²) in [5.41, 5.74) is 2.74. The highest BCUT2D eigenvalue weighted by Gasteiger charge is 2.27. The van der Waals surface area contributed by atoms with Gasteiger partial charge in [-0.3, -0.25) is 14.4 Å². The molecule has 0 fully saturated rings. The van der Waals surface area contributed by atoms with Crippen LogP contribution in [-0.4, -0.2) is 40.3 Å². The number of aryl methyl sites for hydroxylation is 1. The lowest BCUT2D eigenvalue weighted by molar-refractivity contribution is -0.151. The summed E-state index contributed by atoms with van der Waals surface area (Å²) in [6.45, 7) is 3.21. The Kier molecular flexibility index (Phi) is 8.86. The summed E-state index contributed by atoms with van der Waals surface area (Å²) < 4.78 is 5.15. The number of nitrogens with one attached hydrogen (secondary N) is 1. The van der Waals surface area contributed by atoms with Crippen molar-refractivity contribution < 1.29 is 34.1 Å². The molecule has 9 nitrogen and oxygen atoms in total. The van der Waals surface area contributed by atoms with E-state index in [0.717, 1.165) is 10.5 Å². The Balaban J connectivity index is 1.84. The largest absolute Gasteiger partial charge is 0.481 e. The van der Waals surface area contributed by atoms with E-state index in [1.807, 2.05) is 19.1 Å². The van der Waals surface area contributed by atoms with E-state index in [9.17, 15) is 24.3 Å². The summed E-state index contributed by atoms with van der Waals surface area (Å²) in [4.78, 5) is 48.6. The molecule has 0 radical (unpaired) electrons. The number of ketones is 1. The van der Waals surface area contributed by atoms with Crippen LogP contribution >= 0.6 is 11.6 Å². The maximum absolute atomic E-state index is 13.0. The number of carboxylic acid groups (broad SMARTS) is 2. The van der Waals surface area contributed by atoms with Crippen molar-refractivity contribution in [2.45, 2.75) is 32.9 Å². The number of carbonyl (C=O) groups excluding carboxylic acids is 2. The average molecular weight is 525 g/mol. The van der Waals surface area contributed by atoms with Crippen LogP contribution in [0.4, 0.5) is 21.9 Å². The predicted molar refractivity (Wildman–Crippen MR) is 139 cm³/mol. The molecule has 3 aromatic carbocycles. The normalized spacial score (nSPS) is 11.3. The Labute approximate surface area is 218 Å². The van der Waals surface area contributed by atoms with Gasteiger partial charge in [0.25, 0.3) is 0 Å². The molecule has 0 aliphatic rings. The van der Waals surface area contributed by atoms with Crippen LogP contribution in [0.3, 0.4) is 0 Å². The van der Waals surface area contributed by atoms with Crippen molar-refractivity contribution in [1.82, 2.24) is 0 Å². The van der Waals surface area contributed by atoms with Gasteiger partial charge < -0.3 is 20.3 Å². The van der Waals surface area contributed by atoms with Gasteiger partial charge in [0, 0.05) is 16.8 Å². The molecule has 1 atom stereocenters. The van der Waals surface area contributed by atoms with E-state index in [1.54, 1.807) is 48.5 Å². The molecule has 37 heavy (non-hydrogen) atoms.